The Balaban J connectivity index is 2.20. The van der Waals surface area contributed by atoms with Crippen LogP contribution in [0.2, 0.25) is 0 Å². The summed E-state index contributed by atoms with van der Waals surface area (Å²) >= 11 is 0. The van der Waals surface area contributed by atoms with Crippen molar-refractivity contribution in [2.24, 2.45) is 0 Å². The number of hydrogen-bond donors (Lipinski definition) is 2. The van der Waals surface area contributed by atoms with Gasteiger partial charge in [-0.25, -0.2) is 4.98 Å². The quantitative estimate of drug-likeness (QED) is 0.398. The Kier molecular flexibility index (Phi) is 4.62. The van der Waals surface area contributed by atoms with Crippen molar-refractivity contribution >= 4 is 34.2 Å². The molecule has 0 amide bonds. The summed E-state index contributed by atoms with van der Waals surface area (Å²) in [6.07, 6.45) is 1.15. The maximum Gasteiger partial charge on any atom is 0.348 e. The second-order valence-electron chi connectivity index (χ2n) is 6.17. The molecule has 2 aromatic carbocycles. The molecule has 0 bridgehead atoms. The summed E-state index contributed by atoms with van der Waals surface area (Å²) in [4.78, 5) is 39.0. The zero-order chi connectivity index (χ0) is 20.6. The van der Waals surface area contributed by atoms with E-state index in [1.807, 2.05) is 19.1 Å². The SMILES string of the molecule is Cc1ccc(C)c(/C(O)=C/c2nc3cc([N+](=O)[O-])c([N+](=O)[O-])cc3[nH]c2=O)c1. The van der Waals surface area contributed by atoms with Crippen molar-refractivity contribution in [1.82, 2.24) is 9.97 Å². The molecule has 2 N–H and O–H groups in total. The molecular formula is C18H14N4O6. The van der Waals surface area contributed by atoms with Crippen LogP contribution in [0.3, 0.4) is 0 Å². The highest BCUT2D eigenvalue weighted by Crippen LogP contribution is 2.30. The van der Waals surface area contributed by atoms with Gasteiger partial charge in [-0.15, -0.1) is 0 Å². The van der Waals surface area contributed by atoms with Crippen LogP contribution in [0.5, 0.6) is 0 Å². The maximum absolute atomic E-state index is 12.3. The van der Waals surface area contributed by atoms with Crippen molar-refractivity contribution in [3.05, 3.63) is 83.3 Å². The molecule has 3 rings (SSSR count). The lowest BCUT2D eigenvalue weighted by molar-refractivity contribution is -0.422. The molecule has 0 aliphatic heterocycles. The Morgan fingerprint density at radius 3 is 2.39 bits per heavy atom. The molecule has 0 spiro atoms. The predicted octanol–water partition coefficient (Wildman–Crippen LogP) is 3.41. The Morgan fingerprint density at radius 1 is 1.11 bits per heavy atom. The van der Waals surface area contributed by atoms with Gasteiger partial charge >= 0.3 is 11.4 Å². The molecule has 0 fully saturated rings. The number of nitro groups is 2. The zero-order valence-electron chi connectivity index (χ0n) is 14.8. The fraction of sp³-hybridized carbons (Fsp3) is 0.111. The molecule has 0 saturated carbocycles. The van der Waals surface area contributed by atoms with E-state index in [0.717, 1.165) is 29.3 Å². The van der Waals surface area contributed by atoms with Gasteiger partial charge in [-0.05, 0) is 25.5 Å². The molecule has 0 aliphatic rings. The molecule has 0 aliphatic carbocycles. The normalized spacial score (nSPS) is 11.6. The van der Waals surface area contributed by atoms with Crippen molar-refractivity contribution in [3.63, 3.8) is 0 Å². The van der Waals surface area contributed by atoms with E-state index in [0.29, 0.717) is 5.56 Å². The van der Waals surface area contributed by atoms with Crippen LogP contribution in [0.1, 0.15) is 22.4 Å². The van der Waals surface area contributed by atoms with Gasteiger partial charge in [0, 0.05) is 17.7 Å². The lowest BCUT2D eigenvalue weighted by atomic mass is 10.0. The van der Waals surface area contributed by atoms with Crippen molar-refractivity contribution in [1.29, 1.82) is 0 Å². The molecule has 0 unspecified atom stereocenters. The molecular weight excluding hydrogens is 368 g/mol. The average Bonchev–Trinajstić information content (AvgIpc) is 2.63. The minimum Gasteiger partial charge on any atom is -0.507 e. The number of H-pyrrole nitrogens is 1. The first-order chi connectivity index (χ1) is 13.2. The Morgan fingerprint density at radius 2 is 1.75 bits per heavy atom. The third kappa shape index (κ3) is 3.43. The van der Waals surface area contributed by atoms with E-state index in [-0.39, 0.29) is 22.5 Å². The molecule has 142 valence electrons. The third-order valence-corrected chi connectivity index (χ3v) is 4.15. The lowest BCUT2D eigenvalue weighted by Crippen LogP contribution is -2.12. The van der Waals surface area contributed by atoms with Crippen molar-refractivity contribution < 1.29 is 15.0 Å². The van der Waals surface area contributed by atoms with Crippen LogP contribution in [-0.2, 0) is 0 Å². The van der Waals surface area contributed by atoms with Crippen LogP contribution in [0, 0.1) is 34.1 Å². The van der Waals surface area contributed by atoms with Crippen molar-refractivity contribution in [2.45, 2.75) is 13.8 Å². The van der Waals surface area contributed by atoms with E-state index in [9.17, 15) is 30.1 Å². The molecule has 10 heteroatoms. The molecule has 10 nitrogen and oxygen atoms in total. The zero-order valence-corrected chi connectivity index (χ0v) is 14.8. The van der Waals surface area contributed by atoms with E-state index < -0.39 is 26.8 Å². The van der Waals surface area contributed by atoms with Crippen LogP contribution in [-0.4, -0.2) is 24.9 Å². The Bertz CT molecular complexity index is 1230. The van der Waals surface area contributed by atoms with Crippen molar-refractivity contribution in [3.8, 4) is 0 Å². The van der Waals surface area contributed by atoms with E-state index in [1.165, 1.54) is 0 Å². The van der Waals surface area contributed by atoms with Gasteiger partial charge in [0.15, 0.2) is 0 Å². The van der Waals surface area contributed by atoms with Gasteiger partial charge in [0.2, 0.25) is 0 Å². The van der Waals surface area contributed by atoms with E-state index in [2.05, 4.69) is 9.97 Å². The monoisotopic (exact) mass is 382 g/mol. The van der Waals surface area contributed by atoms with Gasteiger partial charge < -0.3 is 10.1 Å². The molecule has 1 aromatic heterocycles. The summed E-state index contributed by atoms with van der Waals surface area (Å²) in [5.41, 5.74) is -0.228. The first-order valence-electron chi connectivity index (χ1n) is 8.02. The number of aliphatic hydroxyl groups is 1. The standard InChI is InChI=1S/C18H14N4O6/c1-9-3-4-10(2)11(5-9)17(23)8-14-18(24)20-13-7-16(22(27)28)15(21(25)26)6-12(13)19-14/h3-8,23H,1-2H3,(H,20,24)/b17-8-. The van der Waals surface area contributed by atoms with Crippen LogP contribution in [0.4, 0.5) is 11.4 Å². The largest absolute Gasteiger partial charge is 0.507 e. The second-order valence-corrected chi connectivity index (χ2v) is 6.17. The smallest absolute Gasteiger partial charge is 0.348 e. The number of benzene rings is 2. The van der Waals surface area contributed by atoms with Gasteiger partial charge in [-0.3, -0.25) is 25.0 Å². The molecule has 3 aromatic rings. The number of nitro benzene ring substituents is 2. The lowest BCUT2D eigenvalue weighted by Gasteiger charge is -2.06. The number of aryl methyl sites for hydroxylation is 2. The summed E-state index contributed by atoms with van der Waals surface area (Å²) in [6.45, 7) is 3.64. The van der Waals surface area contributed by atoms with E-state index >= 15 is 0 Å². The van der Waals surface area contributed by atoms with E-state index in [1.54, 1.807) is 13.0 Å². The Labute approximate surface area is 157 Å². The summed E-state index contributed by atoms with van der Waals surface area (Å²) in [6, 6.07) is 7.23. The second kappa shape index (κ2) is 6.91. The first kappa shape index (κ1) is 18.7. The summed E-state index contributed by atoms with van der Waals surface area (Å²) in [5, 5.41) is 32.5. The van der Waals surface area contributed by atoms with E-state index in [4.69, 9.17) is 0 Å². The maximum atomic E-state index is 12.3. The van der Waals surface area contributed by atoms with Gasteiger partial charge in [-0.1, -0.05) is 17.7 Å². The number of fused-ring (bicyclic) bond motifs is 1. The van der Waals surface area contributed by atoms with Crippen LogP contribution in [0.25, 0.3) is 22.9 Å². The predicted molar refractivity (Wildman–Crippen MR) is 102 cm³/mol. The van der Waals surface area contributed by atoms with Crippen LogP contribution in [0.15, 0.2) is 35.1 Å². The number of nitrogens with zero attached hydrogens (tertiary/aromatic N) is 3. The molecule has 0 atom stereocenters. The van der Waals surface area contributed by atoms with Crippen LogP contribution >= 0.6 is 0 Å². The summed E-state index contributed by atoms with van der Waals surface area (Å²) in [5.74, 6) is -0.199. The van der Waals surface area contributed by atoms with Crippen molar-refractivity contribution in [2.75, 3.05) is 0 Å². The Hall–Kier alpha value is -4.08. The molecule has 0 radical (unpaired) electrons. The van der Waals surface area contributed by atoms with Gasteiger partial charge in [0.05, 0.1) is 26.9 Å². The molecule has 28 heavy (non-hydrogen) atoms. The average molecular weight is 382 g/mol. The number of hydrogen-bond acceptors (Lipinski definition) is 7. The molecule has 1 heterocycles. The first-order valence-corrected chi connectivity index (χ1v) is 8.02. The number of rotatable bonds is 4. The summed E-state index contributed by atoms with van der Waals surface area (Å²) in [7, 11) is 0. The third-order valence-electron chi connectivity index (χ3n) is 4.15. The van der Waals surface area contributed by atoms with Gasteiger partial charge in [0.25, 0.3) is 5.56 Å². The minimum atomic E-state index is -0.907. The topological polar surface area (TPSA) is 152 Å². The molecule has 0 saturated heterocycles. The van der Waals surface area contributed by atoms with Crippen LogP contribution < -0.4 is 5.56 Å². The number of aromatic amines is 1. The fourth-order valence-electron chi connectivity index (χ4n) is 2.73. The van der Waals surface area contributed by atoms with Gasteiger partial charge in [0.1, 0.15) is 11.5 Å². The van der Waals surface area contributed by atoms with Gasteiger partial charge in [-0.2, -0.15) is 0 Å². The number of aliphatic hydroxyl groups excluding tert-OH is 1. The summed E-state index contributed by atoms with van der Waals surface area (Å²) < 4.78 is 0. The highest BCUT2D eigenvalue weighted by molar-refractivity contribution is 5.84. The highest BCUT2D eigenvalue weighted by Gasteiger charge is 2.26. The number of nitrogens with one attached hydrogen (secondary N) is 1. The highest BCUT2D eigenvalue weighted by atomic mass is 16.6. The minimum absolute atomic E-state index is 0.0167. The fourth-order valence-corrected chi connectivity index (χ4v) is 2.73. The number of aromatic nitrogens is 2.